The quantitative estimate of drug-likeness (QED) is 0.212. The topological polar surface area (TPSA) is 92.5 Å². The lowest BCUT2D eigenvalue weighted by molar-refractivity contribution is -0.420. The fraction of sp³-hybridized carbons (Fsp3) is 0.227. The van der Waals surface area contributed by atoms with Crippen molar-refractivity contribution in [2.45, 2.75) is 24.0 Å². The maximum absolute atomic E-state index is 11.8. The highest BCUT2D eigenvalue weighted by Gasteiger charge is 2.37. The highest BCUT2D eigenvalue weighted by atomic mass is 35.5. The molecule has 2 unspecified atom stereocenters. The number of ketones is 1. The Morgan fingerprint density at radius 1 is 1.29 bits per heavy atom. The number of aromatic hydroxyl groups is 1. The first-order valence-corrected chi connectivity index (χ1v) is 11.0. The minimum absolute atomic E-state index is 0.0189. The summed E-state index contributed by atoms with van der Waals surface area (Å²) in [7, 11) is 0. The van der Waals surface area contributed by atoms with Crippen molar-refractivity contribution in [2.75, 3.05) is 11.9 Å². The summed E-state index contributed by atoms with van der Waals surface area (Å²) in [5, 5.41) is 25.2. The molecule has 0 saturated carbocycles. The van der Waals surface area contributed by atoms with E-state index in [4.69, 9.17) is 23.2 Å². The van der Waals surface area contributed by atoms with E-state index in [1.807, 2.05) is 25.1 Å². The fourth-order valence-corrected chi connectivity index (χ4v) is 4.74. The van der Waals surface area contributed by atoms with Crippen molar-refractivity contribution in [3.8, 4) is 5.75 Å². The molecule has 0 fully saturated rings. The van der Waals surface area contributed by atoms with E-state index in [2.05, 4.69) is 5.32 Å². The summed E-state index contributed by atoms with van der Waals surface area (Å²) in [6, 6.07) is 10.4. The number of allylic oxidation sites excluding steroid dienone is 1. The molecule has 2 aromatic carbocycles. The SMILES string of the molecule is CC(=O)c1cc(NCC2(C)C=C([N+](=O)[O-])C=CC2Sc2ccc(Cl)cc2)cc(Cl)c1O. The van der Waals surface area contributed by atoms with E-state index in [1.54, 1.807) is 30.0 Å². The molecule has 0 spiro atoms. The predicted octanol–water partition coefficient (Wildman–Crippen LogP) is 6.21. The summed E-state index contributed by atoms with van der Waals surface area (Å²) >= 11 is 13.6. The third kappa shape index (κ3) is 5.42. The molecule has 1 aliphatic carbocycles. The van der Waals surface area contributed by atoms with Crippen LogP contribution in [-0.2, 0) is 0 Å². The molecule has 0 saturated heterocycles. The zero-order chi connectivity index (χ0) is 22.8. The smallest absolute Gasteiger partial charge is 0.265 e. The van der Waals surface area contributed by atoms with Gasteiger partial charge in [0.25, 0.3) is 5.70 Å². The van der Waals surface area contributed by atoms with E-state index >= 15 is 0 Å². The average molecular weight is 479 g/mol. The van der Waals surface area contributed by atoms with E-state index < -0.39 is 10.3 Å². The first kappa shape index (κ1) is 23.2. The Hall–Kier alpha value is -2.48. The van der Waals surface area contributed by atoms with Crippen LogP contribution in [0.15, 0.2) is 65.2 Å². The lowest BCUT2D eigenvalue weighted by atomic mass is 9.82. The number of carbonyl (C=O) groups excluding carboxylic acids is 1. The number of carbonyl (C=O) groups is 1. The number of phenols is 1. The van der Waals surface area contributed by atoms with Crippen LogP contribution < -0.4 is 5.32 Å². The van der Waals surface area contributed by atoms with Gasteiger partial charge in [-0.1, -0.05) is 36.2 Å². The Bertz CT molecular complexity index is 1090. The van der Waals surface area contributed by atoms with Crippen molar-refractivity contribution in [1.82, 2.24) is 0 Å². The van der Waals surface area contributed by atoms with Gasteiger partial charge in [0, 0.05) is 45.0 Å². The van der Waals surface area contributed by atoms with Crippen LogP contribution in [0.5, 0.6) is 5.75 Å². The van der Waals surface area contributed by atoms with Crippen molar-refractivity contribution in [2.24, 2.45) is 5.41 Å². The van der Waals surface area contributed by atoms with Gasteiger partial charge in [-0.15, -0.1) is 11.8 Å². The molecule has 2 aromatic rings. The summed E-state index contributed by atoms with van der Waals surface area (Å²) in [5.41, 5.74) is 0.0279. The minimum Gasteiger partial charge on any atom is -0.506 e. The predicted molar refractivity (Wildman–Crippen MR) is 125 cm³/mol. The molecule has 0 aliphatic heterocycles. The Balaban J connectivity index is 1.88. The molecule has 0 amide bonds. The van der Waals surface area contributed by atoms with Gasteiger partial charge in [0.05, 0.1) is 15.5 Å². The second kappa shape index (κ2) is 9.34. The molecule has 3 rings (SSSR count). The van der Waals surface area contributed by atoms with Crippen LogP contribution in [-0.4, -0.2) is 27.6 Å². The molecule has 6 nitrogen and oxygen atoms in total. The number of phenolic OH excluding ortho intramolecular Hbond substituents is 1. The molecule has 31 heavy (non-hydrogen) atoms. The molecule has 0 bridgehead atoms. The van der Waals surface area contributed by atoms with Crippen LogP contribution in [0.25, 0.3) is 0 Å². The van der Waals surface area contributed by atoms with E-state index in [9.17, 15) is 20.0 Å². The van der Waals surface area contributed by atoms with Gasteiger partial charge in [0.1, 0.15) is 5.75 Å². The van der Waals surface area contributed by atoms with Gasteiger partial charge < -0.3 is 10.4 Å². The van der Waals surface area contributed by atoms with Crippen LogP contribution in [0.4, 0.5) is 5.69 Å². The van der Waals surface area contributed by atoms with E-state index in [0.717, 1.165) is 4.90 Å². The van der Waals surface area contributed by atoms with Gasteiger partial charge in [-0.2, -0.15) is 0 Å². The van der Waals surface area contributed by atoms with Crippen LogP contribution in [0.3, 0.4) is 0 Å². The van der Waals surface area contributed by atoms with Crippen LogP contribution in [0.2, 0.25) is 10.0 Å². The largest absolute Gasteiger partial charge is 0.506 e. The fourth-order valence-electron chi connectivity index (χ4n) is 3.23. The summed E-state index contributed by atoms with van der Waals surface area (Å²) in [4.78, 5) is 23.7. The maximum Gasteiger partial charge on any atom is 0.265 e. The number of rotatable bonds is 7. The lowest BCUT2D eigenvalue weighted by Crippen LogP contribution is -2.36. The van der Waals surface area contributed by atoms with Gasteiger partial charge in [-0.3, -0.25) is 14.9 Å². The number of thioether (sulfide) groups is 1. The molecule has 2 atom stereocenters. The molecule has 162 valence electrons. The van der Waals surface area contributed by atoms with Crippen LogP contribution in [0, 0.1) is 15.5 Å². The van der Waals surface area contributed by atoms with E-state index in [0.29, 0.717) is 17.3 Å². The number of Topliss-reactive ketones (excluding diaryl/α,β-unsaturated/α-hetero) is 1. The summed E-state index contributed by atoms with van der Waals surface area (Å²) in [5.74, 6) is -0.584. The number of nitro groups is 1. The van der Waals surface area contributed by atoms with Gasteiger partial charge in [0.2, 0.25) is 0 Å². The second-order valence-electron chi connectivity index (χ2n) is 7.45. The maximum atomic E-state index is 11.8. The molecule has 9 heteroatoms. The zero-order valence-electron chi connectivity index (χ0n) is 16.8. The first-order chi connectivity index (χ1) is 14.6. The van der Waals surface area contributed by atoms with E-state index in [1.165, 1.54) is 25.1 Å². The summed E-state index contributed by atoms with van der Waals surface area (Å²) in [6.45, 7) is 3.60. The monoisotopic (exact) mass is 478 g/mol. The number of nitrogens with one attached hydrogen (secondary N) is 1. The molecule has 0 radical (unpaired) electrons. The van der Waals surface area contributed by atoms with Crippen molar-refractivity contribution in [3.63, 3.8) is 0 Å². The van der Waals surface area contributed by atoms with Crippen molar-refractivity contribution >= 4 is 46.4 Å². The Labute approximate surface area is 194 Å². The van der Waals surface area contributed by atoms with E-state index in [-0.39, 0.29) is 33.1 Å². The Morgan fingerprint density at radius 2 is 1.97 bits per heavy atom. The first-order valence-electron chi connectivity index (χ1n) is 9.34. The zero-order valence-corrected chi connectivity index (χ0v) is 19.1. The van der Waals surface area contributed by atoms with Crippen molar-refractivity contribution in [3.05, 3.63) is 86.0 Å². The van der Waals surface area contributed by atoms with Gasteiger partial charge in [-0.25, -0.2) is 0 Å². The minimum atomic E-state index is -0.637. The number of hydrogen-bond donors (Lipinski definition) is 2. The van der Waals surface area contributed by atoms with Gasteiger partial charge in [-0.05, 0) is 43.3 Å². The lowest BCUT2D eigenvalue weighted by Gasteiger charge is -2.35. The third-order valence-electron chi connectivity index (χ3n) is 4.97. The van der Waals surface area contributed by atoms with Crippen LogP contribution >= 0.6 is 35.0 Å². The number of nitrogens with zero attached hydrogens (tertiary/aromatic N) is 1. The molecule has 1 aliphatic rings. The average Bonchev–Trinajstić information content (AvgIpc) is 2.71. The number of hydrogen-bond acceptors (Lipinski definition) is 6. The number of anilines is 1. The Morgan fingerprint density at radius 3 is 2.58 bits per heavy atom. The Kier molecular flexibility index (Phi) is 6.99. The molecule has 0 heterocycles. The highest BCUT2D eigenvalue weighted by molar-refractivity contribution is 8.00. The second-order valence-corrected chi connectivity index (χ2v) is 9.51. The molecular weight excluding hydrogens is 459 g/mol. The van der Waals surface area contributed by atoms with Crippen molar-refractivity contribution < 1.29 is 14.8 Å². The number of halogens is 2. The third-order valence-corrected chi connectivity index (χ3v) is 7.01. The standard InChI is InChI=1S/C22H20Cl2N2O4S/c1-13(27)18-9-15(10-19(24)21(18)28)25-12-22(2)11-16(26(29)30)5-8-20(22)31-17-6-3-14(23)4-7-17/h3-11,20,25,28H,12H2,1-2H3. The summed E-state index contributed by atoms with van der Waals surface area (Å²) in [6.07, 6.45) is 4.98. The van der Waals surface area contributed by atoms with Crippen LogP contribution in [0.1, 0.15) is 24.2 Å². The van der Waals surface area contributed by atoms with Gasteiger partial charge >= 0.3 is 0 Å². The summed E-state index contributed by atoms with van der Waals surface area (Å²) < 4.78 is 0. The number of benzene rings is 2. The van der Waals surface area contributed by atoms with Gasteiger partial charge in [0.15, 0.2) is 5.78 Å². The molecule has 0 aromatic heterocycles. The van der Waals surface area contributed by atoms with Crippen molar-refractivity contribution in [1.29, 1.82) is 0 Å². The highest BCUT2D eigenvalue weighted by Crippen LogP contribution is 2.42. The molecular formula is C22H20Cl2N2O4S. The molecule has 2 N–H and O–H groups in total. The normalized spacial score (nSPS) is 20.3.